The van der Waals surface area contributed by atoms with E-state index in [2.05, 4.69) is 5.32 Å². The Balaban J connectivity index is 2.34. The first-order valence-electron chi connectivity index (χ1n) is 5.76. The zero-order chi connectivity index (χ0) is 13.1. The highest BCUT2D eigenvalue weighted by molar-refractivity contribution is 6.32. The van der Waals surface area contributed by atoms with Crippen LogP contribution in [-0.4, -0.2) is 14.2 Å². The Bertz CT molecular complexity index is 536. The molecule has 1 aromatic carbocycles. The number of methoxy groups -OCH3 is 1. The third-order valence-electron chi connectivity index (χ3n) is 2.92. The Morgan fingerprint density at radius 3 is 2.72 bits per heavy atom. The minimum absolute atomic E-state index is 0.188. The van der Waals surface area contributed by atoms with E-state index in [1.807, 2.05) is 38.2 Å². The summed E-state index contributed by atoms with van der Waals surface area (Å²) >= 11 is 6.00. The molecule has 0 fully saturated rings. The predicted octanol–water partition coefficient (Wildman–Crippen LogP) is 3.89. The Hall–Kier alpha value is -1.45. The van der Waals surface area contributed by atoms with Crippen molar-refractivity contribution >= 4 is 11.6 Å². The van der Waals surface area contributed by atoms with Gasteiger partial charge in [0.05, 0.1) is 18.2 Å². The molecule has 0 aliphatic carbocycles. The number of furan rings is 1. The average Bonchev–Trinajstić information content (AvgIpc) is 2.88. The Labute approximate surface area is 112 Å². The van der Waals surface area contributed by atoms with E-state index in [1.54, 1.807) is 13.2 Å². The SMILES string of the molecule is CNC(C)c1ccc(-c2ccc(Cl)c(OC)c2)o1. The van der Waals surface area contributed by atoms with Gasteiger partial charge in [-0.15, -0.1) is 0 Å². The van der Waals surface area contributed by atoms with E-state index < -0.39 is 0 Å². The predicted molar refractivity (Wildman–Crippen MR) is 73.2 cm³/mol. The molecule has 1 aromatic heterocycles. The van der Waals surface area contributed by atoms with Gasteiger partial charge in [-0.05, 0) is 44.3 Å². The molecule has 0 saturated carbocycles. The molecule has 18 heavy (non-hydrogen) atoms. The molecule has 0 radical (unpaired) electrons. The van der Waals surface area contributed by atoms with Gasteiger partial charge in [-0.25, -0.2) is 0 Å². The highest BCUT2D eigenvalue weighted by atomic mass is 35.5. The molecule has 2 aromatic rings. The van der Waals surface area contributed by atoms with Gasteiger partial charge in [0, 0.05) is 5.56 Å². The minimum Gasteiger partial charge on any atom is -0.495 e. The molecule has 0 amide bonds. The van der Waals surface area contributed by atoms with Crippen LogP contribution in [0, 0.1) is 0 Å². The maximum Gasteiger partial charge on any atom is 0.138 e. The van der Waals surface area contributed by atoms with E-state index >= 15 is 0 Å². The van der Waals surface area contributed by atoms with Gasteiger partial charge in [-0.1, -0.05) is 11.6 Å². The molecule has 4 heteroatoms. The second-order valence-electron chi connectivity index (χ2n) is 4.06. The maximum absolute atomic E-state index is 6.00. The summed E-state index contributed by atoms with van der Waals surface area (Å²) < 4.78 is 11.0. The number of halogens is 1. The topological polar surface area (TPSA) is 34.4 Å². The second kappa shape index (κ2) is 5.46. The lowest BCUT2D eigenvalue weighted by Crippen LogP contribution is -2.10. The van der Waals surface area contributed by atoms with Crippen molar-refractivity contribution in [3.05, 3.63) is 41.1 Å². The fraction of sp³-hybridized carbons (Fsp3) is 0.286. The number of benzene rings is 1. The zero-order valence-corrected chi connectivity index (χ0v) is 11.4. The summed E-state index contributed by atoms with van der Waals surface area (Å²) in [6, 6.07) is 9.70. The van der Waals surface area contributed by atoms with Crippen molar-refractivity contribution in [1.29, 1.82) is 0 Å². The third kappa shape index (κ3) is 2.52. The molecule has 0 bridgehead atoms. The maximum atomic E-state index is 6.00. The van der Waals surface area contributed by atoms with Gasteiger partial charge in [0.2, 0.25) is 0 Å². The standard InChI is InChI=1S/C14H16ClNO2/c1-9(16-2)12-6-7-13(18-12)10-4-5-11(15)14(8-10)17-3/h4-9,16H,1-3H3. The molecular weight excluding hydrogens is 250 g/mol. The molecule has 1 heterocycles. The molecule has 0 aliphatic rings. The van der Waals surface area contributed by atoms with E-state index in [0.717, 1.165) is 17.1 Å². The summed E-state index contributed by atoms with van der Waals surface area (Å²) in [7, 11) is 3.50. The highest BCUT2D eigenvalue weighted by Crippen LogP contribution is 2.32. The Morgan fingerprint density at radius 2 is 2.06 bits per heavy atom. The van der Waals surface area contributed by atoms with Crippen LogP contribution in [0.5, 0.6) is 5.75 Å². The minimum atomic E-state index is 0.188. The van der Waals surface area contributed by atoms with Crippen molar-refractivity contribution in [3.8, 4) is 17.1 Å². The lowest BCUT2D eigenvalue weighted by atomic mass is 10.1. The molecule has 96 valence electrons. The molecule has 1 unspecified atom stereocenters. The van der Waals surface area contributed by atoms with Crippen LogP contribution in [0.1, 0.15) is 18.7 Å². The number of ether oxygens (including phenoxy) is 1. The smallest absolute Gasteiger partial charge is 0.138 e. The molecule has 2 rings (SSSR count). The van der Waals surface area contributed by atoms with Gasteiger partial charge < -0.3 is 14.5 Å². The van der Waals surface area contributed by atoms with Crippen LogP contribution in [0.25, 0.3) is 11.3 Å². The van der Waals surface area contributed by atoms with Crippen LogP contribution in [-0.2, 0) is 0 Å². The van der Waals surface area contributed by atoms with E-state index in [-0.39, 0.29) is 6.04 Å². The fourth-order valence-electron chi connectivity index (χ4n) is 1.70. The van der Waals surface area contributed by atoms with Crippen LogP contribution in [0.4, 0.5) is 0 Å². The van der Waals surface area contributed by atoms with Gasteiger partial charge >= 0.3 is 0 Å². The van der Waals surface area contributed by atoms with Crippen molar-refractivity contribution in [1.82, 2.24) is 5.32 Å². The lowest BCUT2D eigenvalue weighted by Gasteiger charge is -2.07. The number of hydrogen-bond donors (Lipinski definition) is 1. The first-order valence-corrected chi connectivity index (χ1v) is 6.14. The van der Waals surface area contributed by atoms with Gasteiger partial charge in [-0.2, -0.15) is 0 Å². The molecule has 0 saturated heterocycles. The number of nitrogens with one attached hydrogen (secondary N) is 1. The Kier molecular flexibility index (Phi) is 3.94. The number of rotatable bonds is 4. The quantitative estimate of drug-likeness (QED) is 0.911. The van der Waals surface area contributed by atoms with E-state index in [1.165, 1.54) is 0 Å². The van der Waals surface area contributed by atoms with E-state index in [4.69, 9.17) is 20.8 Å². The molecule has 0 aliphatic heterocycles. The number of hydrogen-bond acceptors (Lipinski definition) is 3. The summed E-state index contributed by atoms with van der Waals surface area (Å²) in [5.74, 6) is 2.36. The highest BCUT2D eigenvalue weighted by Gasteiger charge is 2.11. The van der Waals surface area contributed by atoms with Crippen molar-refractivity contribution in [2.24, 2.45) is 0 Å². The van der Waals surface area contributed by atoms with Crippen LogP contribution >= 0.6 is 11.6 Å². The monoisotopic (exact) mass is 265 g/mol. The van der Waals surface area contributed by atoms with E-state index in [0.29, 0.717) is 10.8 Å². The van der Waals surface area contributed by atoms with E-state index in [9.17, 15) is 0 Å². The summed E-state index contributed by atoms with van der Waals surface area (Å²) in [6.45, 7) is 2.05. The van der Waals surface area contributed by atoms with Gasteiger partial charge in [0.25, 0.3) is 0 Å². The molecular formula is C14H16ClNO2. The largest absolute Gasteiger partial charge is 0.495 e. The van der Waals surface area contributed by atoms with Gasteiger partial charge in [0.1, 0.15) is 17.3 Å². The van der Waals surface area contributed by atoms with Gasteiger partial charge in [-0.3, -0.25) is 0 Å². The summed E-state index contributed by atoms with van der Waals surface area (Å²) in [6.07, 6.45) is 0. The average molecular weight is 266 g/mol. The van der Waals surface area contributed by atoms with Crippen LogP contribution in [0.15, 0.2) is 34.7 Å². The zero-order valence-electron chi connectivity index (χ0n) is 10.7. The first kappa shape index (κ1) is 13.0. The van der Waals surface area contributed by atoms with Crippen molar-refractivity contribution in [3.63, 3.8) is 0 Å². The van der Waals surface area contributed by atoms with Crippen molar-refractivity contribution < 1.29 is 9.15 Å². The van der Waals surface area contributed by atoms with Crippen LogP contribution < -0.4 is 10.1 Å². The van der Waals surface area contributed by atoms with Crippen LogP contribution in [0.2, 0.25) is 5.02 Å². The first-order chi connectivity index (χ1) is 8.65. The molecule has 3 nitrogen and oxygen atoms in total. The second-order valence-corrected chi connectivity index (χ2v) is 4.47. The Morgan fingerprint density at radius 1 is 1.28 bits per heavy atom. The normalized spacial score (nSPS) is 12.4. The lowest BCUT2D eigenvalue weighted by molar-refractivity contribution is 0.414. The molecule has 1 atom stereocenters. The summed E-state index contributed by atoms with van der Waals surface area (Å²) in [5.41, 5.74) is 0.950. The van der Waals surface area contributed by atoms with Crippen LogP contribution in [0.3, 0.4) is 0 Å². The third-order valence-corrected chi connectivity index (χ3v) is 3.23. The van der Waals surface area contributed by atoms with Crippen molar-refractivity contribution in [2.75, 3.05) is 14.2 Å². The molecule has 1 N–H and O–H groups in total. The fourth-order valence-corrected chi connectivity index (χ4v) is 1.89. The van der Waals surface area contributed by atoms with Gasteiger partial charge in [0.15, 0.2) is 0 Å². The van der Waals surface area contributed by atoms with Crippen molar-refractivity contribution in [2.45, 2.75) is 13.0 Å². The molecule has 0 spiro atoms. The summed E-state index contributed by atoms with van der Waals surface area (Å²) in [5, 5.41) is 3.73. The summed E-state index contributed by atoms with van der Waals surface area (Å²) in [4.78, 5) is 0.